The summed E-state index contributed by atoms with van der Waals surface area (Å²) in [6, 6.07) is 6.15. The molecule has 2 heterocycles. The molecule has 0 saturated heterocycles. The van der Waals surface area contributed by atoms with Gasteiger partial charge in [-0.25, -0.2) is 21.9 Å². The second kappa shape index (κ2) is 7.97. The van der Waals surface area contributed by atoms with Gasteiger partial charge in [0, 0.05) is 28.9 Å². The van der Waals surface area contributed by atoms with E-state index in [4.69, 9.17) is 11.6 Å². The maximum absolute atomic E-state index is 13.8. The van der Waals surface area contributed by atoms with Gasteiger partial charge in [0.2, 0.25) is 10.0 Å². The fourth-order valence-electron chi connectivity index (χ4n) is 3.31. The zero-order valence-corrected chi connectivity index (χ0v) is 17.0. The standard InChI is InChI=1S/C19H19ClF2N4O2S/c20-4-1-5-29(27,28)24-11-14-6-13(10-23-25-14)18-8-12-7-16(21)17(22)9-19(12)26(18)15-2-3-15/h6-10,15,24H,1-5,11H2. The Balaban J connectivity index is 1.66. The Morgan fingerprint density at radius 1 is 1.17 bits per heavy atom. The average molecular weight is 441 g/mol. The summed E-state index contributed by atoms with van der Waals surface area (Å²) >= 11 is 5.55. The van der Waals surface area contributed by atoms with Crippen molar-refractivity contribution in [2.24, 2.45) is 0 Å². The molecule has 2 aromatic heterocycles. The first-order valence-electron chi connectivity index (χ1n) is 9.23. The highest BCUT2D eigenvalue weighted by Gasteiger charge is 2.28. The van der Waals surface area contributed by atoms with Crippen molar-refractivity contribution in [3.05, 3.63) is 47.8 Å². The molecule has 1 aromatic carbocycles. The van der Waals surface area contributed by atoms with Gasteiger partial charge < -0.3 is 4.57 Å². The number of benzene rings is 1. The molecule has 1 aliphatic carbocycles. The van der Waals surface area contributed by atoms with Crippen LogP contribution in [0, 0.1) is 11.6 Å². The van der Waals surface area contributed by atoms with Crippen molar-refractivity contribution in [1.82, 2.24) is 19.5 Å². The molecule has 4 rings (SSSR count). The third kappa shape index (κ3) is 4.41. The molecule has 0 atom stereocenters. The molecule has 29 heavy (non-hydrogen) atoms. The van der Waals surface area contributed by atoms with Crippen LogP contribution < -0.4 is 4.72 Å². The van der Waals surface area contributed by atoms with Crippen molar-refractivity contribution in [3.8, 4) is 11.3 Å². The first-order chi connectivity index (χ1) is 13.9. The number of alkyl halides is 1. The molecule has 0 bridgehead atoms. The molecule has 1 fully saturated rings. The van der Waals surface area contributed by atoms with Crippen LogP contribution in [0.15, 0.2) is 30.5 Å². The smallest absolute Gasteiger partial charge is 0.211 e. The Kier molecular flexibility index (Phi) is 5.54. The molecule has 0 radical (unpaired) electrons. The van der Waals surface area contributed by atoms with Gasteiger partial charge in [0.15, 0.2) is 11.6 Å². The highest BCUT2D eigenvalue weighted by molar-refractivity contribution is 7.89. The fraction of sp³-hybridized carbons (Fsp3) is 0.368. The predicted octanol–water partition coefficient (Wildman–Crippen LogP) is 3.76. The number of hydrogen-bond donors (Lipinski definition) is 1. The number of nitrogens with one attached hydrogen (secondary N) is 1. The summed E-state index contributed by atoms with van der Waals surface area (Å²) < 4.78 is 55.9. The molecular formula is C19H19ClF2N4O2S. The van der Waals surface area contributed by atoms with E-state index in [-0.39, 0.29) is 24.2 Å². The molecule has 0 aliphatic heterocycles. The van der Waals surface area contributed by atoms with E-state index in [0.29, 0.717) is 28.6 Å². The molecular weight excluding hydrogens is 422 g/mol. The summed E-state index contributed by atoms with van der Waals surface area (Å²) in [6.45, 7) is -0.00161. The quantitative estimate of drug-likeness (QED) is 0.541. The summed E-state index contributed by atoms with van der Waals surface area (Å²) in [5.74, 6) is -1.57. The van der Waals surface area contributed by atoms with Crippen molar-refractivity contribution in [2.45, 2.75) is 31.8 Å². The van der Waals surface area contributed by atoms with E-state index in [2.05, 4.69) is 14.9 Å². The van der Waals surface area contributed by atoms with Crippen LogP contribution in [-0.2, 0) is 16.6 Å². The van der Waals surface area contributed by atoms with Crippen molar-refractivity contribution >= 4 is 32.5 Å². The second-order valence-corrected chi connectivity index (χ2v) is 9.38. The highest BCUT2D eigenvalue weighted by Crippen LogP contribution is 2.42. The number of nitrogens with zero attached hydrogens (tertiary/aromatic N) is 3. The molecule has 154 valence electrons. The number of aromatic nitrogens is 3. The van der Waals surface area contributed by atoms with Crippen LogP contribution in [0.2, 0.25) is 0 Å². The molecule has 3 aromatic rings. The van der Waals surface area contributed by atoms with Crippen molar-refractivity contribution in [3.63, 3.8) is 0 Å². The average Bonchev–Trinajstić information content (AvgIpc) is 3.47. The highest BCUT2D eigenvalue weighted by atomic mass is 35.5. The molecule has 0 spiro atoms. The zero-order valence-electron chi connectivity index (χ0n) is 15.4. The molecule has 0 amide bonds. The lowest BCUT2D eigenvalue weighted by molar-refractivity contribution is 0.510. The Bertz CT molecular complexity index is 1160. The van der Waals surface area contributed by atoms with Crippen molar-refractivity contribution < 1.29 is 17.2 Å². The van der Waals surface area contributed by atoms with Crippen molar-refractivity contribution in [1.29, 1.82) is 0 Å². The Morgan fingerprint density at radius 2 is 1.93 bits per heavy atom. The summed E-state index contributed by atoms with van der Waals surface area (Å²) in [6.07, 6.45) is 3.84. The minimum absolute atomic E-state index is 0.00161. The first kappa shape index (κ1) is 20.2. The molecule has 1 N–H and O–H groups in total. The van der Waals surface area contributed by atoms with Gasteiger partial charge in [-0.2, -0.15) is 10.2 Å². The number of hydrogen-bond acceptors (Lipinski definition) is 4. The van der Waals surface area contributed by atoms with Gasteiger partial charge in [-0.1, -0.05) is 0 Å². The molecule has 0 unspecified atom stereocenters. The number of fused-ring (bicyclic) bond motifs is 1. The minimum atomic E-state index is -3.45. The van der Waals surface area contributed by atoms with Crippen LogP contribution in [-0.4, -0.2) is 34.8 Å². The van der Waals surface area contributed by atoms with Crippen LogP contribution in [0.4, 0.5) is 8.78 Å². The van der Waals surface area contributed by atoms with E-state index in [1.165, 1.54) is 12.1 Å². The SMILES string of the molecule is O=S(=O)(CCCCl)NCc1cc(-c2cc3cc(F)c(F)cc3n2C2CC2)cnn1. The van der Waals surface area contributed by atoms with Gasteiger partial charge in [0.1, 0.15) is 0 Å². The van der Waals surface area contributed by atoms with Gasteiger partial charge in [-0.15, -0.1) is 11.6 Å². The van der Waals surface area contributed by atoms with E-state index in [0.717, 1.165) is 18.5 Å². The van der Waals surface area contributed by atoms with Crippen LogP contribution in [0.3, 0.4) is 0 Å². The lowest BCUT2D eigenvalue weighted by Crippen LogP contribution is -2.26. The van der Waals surface area contributed by atoms with Crippen LogP contribution in [0.5, 0.6) is 0 Å². The maximum Gasteiger partial charge on any atom is 0.211 e. The Labute approximate surface area is 171 Å². The predicted molar refractivity (Wildman–Crippen MR) is 107 cm³/mol. The maximum atomic E-state index is 13.8. The minimum Gasteiger partial charge on any atom is -0.337 e. The Morgan fingerprint density at radius 3 is 2.66 bits per heavy atom. The Hall–Kier alpha value is -2.10. The molecule has 1 saturated carbocycles. The van der Waals surface area contributed by atoms with E-state index in [1.807, 2.05) is 4.57 Å². The van der Waals surface area contributed by atoms with E-state index < -0.39 is 21.7 Å². The molecule has 1 aliphatic rings. The van der Waals surface area contributed by atoms with E-state index in [9.17, 15) is 17.2 Å². The number of sulfonamides is 1. The van der Waals surface area contributed by atoms with Gasteiger partial charge in [0.25, 0.3) is 0 Å². The van der Waals surface area contributed by atoms with Crippen LogP contribution in [0.1, 0.15) is 31.0 Å². The number of rotatable bonds is 8. The monoisotopic (exact) mass is 440 g/mol. The van der Waals surface area contributed by atoms with Crippen molar-refractivity contribution in [2.75, 3.05) is 11.6 Å². The fourth-order valence-corrected chi connectivity index (χ4v) is 4.64. The van der Waals surface area contributed by atoms with Gasteiger partial charge in [0.05, 0.1) is 35.4 Å². The molecule has 10 heteroatoms. The van der Waals surface area contributed by atoms with Crippen LogP contribution in [0.25, 0.3) is 22.2 Å². The normalized spacial score (nSPS) is 14.6. The number of halogens is 3. The van der Waals surface area contributed by atoms with Gasteiger partial charge >= 0.3 is 0 Å². The summed E-state index contributed by atoms with van der Waals surface area (Å²) in [5, 5.41) is 8.57. The third-order valence-corrected chi connectivity index (χ3v) is 6.49. The summed E-state index contributed by atoms with van der Waals surface area (Å²) in [7, 11) is -3.45. The van der Waals surface area contributed by atoms with E-state index >= 15 is 0 Å². The topological polar surface area (TPSA) is 76.9 Å². The van der Waals surface area contributed by atoms with Gasteiger partial charge in [-0.3, -0.25) is 0 Å². The first-order valence-corrected chi connectivity index (χ1v) is 11.4. The van der Waals surface area contributed by atoms with Crippen LogP contribution >= 0.6 is 11.6 Å². The van der Waals surface area contributed by atoms with E-state index in [1.54, 1.807) is 18.3 Å². The molecule has 6 nitrogen and oxygen atoms in total. The second-order valence-electron chi connectivity index (χ2n) is 7.07. The van der Waals surface area contributed by atoms with Gasteiger partial charge in [-0.05, 0) is 37.5 Å². The lowest BCUT2D eigenvalue weighted by atomic mass is 10.2. The third-order valence-electron chi connectivity index (χ3n) is 4.81. The summed E-state index contributed by atoms with van der Waals surface area (Å²) in [5.41, 5.74) is 2.55. The largest absolute Gasteiger partial charge is 0.337 e. The lowest BCUT2D eigenvalue weighted by Gasteiger charge is -2.11. The summed E-state index contributed by atoms with van der Waals surface area (Å²) in [4.78, 5) is 0. The zero-order chi connectivity index (χ0) is 20.6.